The molecule has 7 nitrogen and oxygen atoms in total. The zero-order valence-corrected chi connectivity index (χ0v) is 16.5. The number of hydrogen-bond donors (Lipinski definition) is 1. The number of carbonyl (C=O) groups excluding carboxylic acids is 1. The number of anilines is 1. The Morgan fingerprint density at radius 3 is 2.59 bits per heavy atom. The largest absolute Gasteiger partial charge is 0.493 e. The number of ether oxygens (including phenoxy) is 3. The first-order valence-electron chi connectivity index (χ1n) is 8.81. The fourth-order valence-corrected chi connectivity index (χ4v) is 3.75. The predicted octanol–water partition coefficient (Wildman–Crippen LogP) is 3.00. The molecule has 0 saturated heterocycles. The minimum atomic E-state index is -0.383. The predicted molar refractivity (Wildman–Crippen MR) is 102 cm³/mol. The smallest absolute Gasteiger partial charge is 0.336 e. The van der Waals surface area contributed by atoms with Gasteiger partial charge in [-0.05, 0) is 19.4 Å². The molecular formula is C20H25N3O4. The lowest BCUT2D eigenvalue weighted by molar-refractivity contribution is -0.136. The van der Waals surface area contributed by atoms with Crippen LogP contribution in [-0.4, -0.2) is 37.1 Å². The number of nitrogens with one attached hydrogen (secondary N) is 1. The molecule has 27 heavy (non-hydrogen) atoms. The van der Waals surface area contributed by atoms with Gasteiger partial charge in [0.1, 0.15) is 5.82 Å². The van der Waals surface area contributed by atoms with Crippen molar-refractivity contribution < 1.29 is 19.0 Å². The number of rotatable bonds is 5. The Balaban J connectivity index is 2.36. The molecule has 1 aromatic carbocycles. The second-order valence-electron chi connectivity index (χ2n) is 6.36. The highest BCUT2D eigenvalue weighted by molar-refractivity contribution is 5.95. The highest BCUT2D eigenvalue weighted by atomic mass is 16.5. The lowest BCUT2D eigenvalue weighted by atomic mass is 9.80. The van der Waals surface area contributed by atoms with Gasteiger partial charge in [-0.2, -0.15) is 5.10 Å². The van der Waals surface area contributed by atoms with Crippen LogP contribution < -0.4 is 14.8 Å². The van der Waals surface area contributed by atoms with Crippen molar-refractivity contribution >= 4 is 11.8 Å². The van der Waals surface area contributed by atoms with Crippen LogP contribution in [0.25, 0.3) is 0 Å². The van der Waals surface area contributed by atoms with Gasteiger partial charge in [-0.15, -0.1) is 0 Å². The van der Waals surface area contributed by atoms with Crippen molar-refractivity contribution in [2.75, 3.05) is 26.6 Å². The van der Waals surface area contributed by atoms with E-state index in [0.717, 1.165) is 34.8 Å². The summed E-state index contributed by atoms with van der Waals surface area (Å²) in [5, 5.41) is 7.96. The molecule has 0 aliphatic carbocycles. The minimum Gasteiger partial charge on any atom is -0.493 e. The molecule has 7 heteroatoms. The SMILES string of the molecule is CCc1nn(C)c2c1C(c1cccc(OC)c1OC)C(C(=O)OC)=C(C)N2. The molecule has 1 aliphatic rings. The van der Waals surface area contributed by atoms with Crippen LogP contribution >= 0.6 is 0 Å². The first kappa shape index (κ1) is 18.8. The molecule has 1 aliphatic heterocycles. The van der Waals surface area contributed by atoms with Crippen molar-refractivity contribution in [2.45, 2.75) is 26.2 Å². The third kappa shape index (κ3) is 2.93. The van der Waals surface area contributed by atoms with E-state index in [2.05, 4.69) is 10.4 Å². The van der Waals surface area contributed by atoms with E-state index in [1.165, 1.54) is 7.11 Å². The Bertz CT molecular complexity index is 914. The molecule has 3 rings (SSSR count). The van der Waals surface area contributed by atoms with Gasteiger partial charge in [0, 0.05) is 23.9 Å². The number of aromatic nitrogens is 2. The van der Waals surface area contributed by atoms with Crippen molar-refractivity contribution in [3.05, 3.63) is 46.3 Å². The summed E-state index contributed by atoms with van der Waals surface area (Å²) < 4.78 is 18.1. The number of esters is 1. The second-order valence-corrected chi connectivity index (χ2v) is 6.36. The van der Waals surface area contributed by atoms with E-state index < -0.39 is 0 Å². The molecule has 0 radical (unpaired) electrons. The third-order valence-electron chi connectivity index (χ3n) is 4.93. The van der Waals surface area contributed by atoms with Crippen molar-refractivity contribution in [1.29, 1.82) is 0 Å². The van der Waals surface area contributed by atoms with Crippen LogP contribution in [0.5, 0.6) is 11.5 Å². The van der Waals surface area contributed by atoms with Crippen molar-refractivity contribution in [2.24, 2.45) is 7.05 Å². The van der Waals surface area contributed by atoms with E-state index in [-0.39, 0.29) is 11.9 Å². The number of nitrogens with zero attached hydrogens (tertiary/aromatic N) is 2. The van der Waals surface area contributed by atoms with Gasteiger partial charge in [0.25, 0.3) is 0 Å². The average Bonchev–Trinajstić information content (AvgIpc) is 3.00. The van der Waals surface area contributed by atoms with E-state index in [1.807, 2.05) is 43.8 Å². The fourth-order valence-electron chi connectivity index (χ4n) is 3.75. The first-order valence-corrected chi connectivity index (χ1v) is 8.81. The van der Waals surface area contributed by atoms with Crippen molar-refractivity contribution in [1.82, 2.24) is 9.78 Å². The Kier molecular flexibility index (Phi) is 5.12. The van der Waals surface area contributed by atoms with E-state index in [9.17, 15) is 4.79 Å². The number of para-hydroxylation sites is 1. The number of methoxy groups -OCH3 is 3. The molecule has 0 fully saturated rings. The van der Waals surface area contributed by atoms with Gasteiger partial charge in [-0.3, -0.25) is 4.68 Å². The zero-order chi connectivity index (χ0) is 19.7. The molecule has 0 saturated carbocycles. The van der Waals surface area contributed by atoms with Crippen LogP contribution in [0.3, 0.4) is 0 Å². The Hall–Kier alpha value is -2.96. The van der Waals surface area contributed by atoms with Gasteiger partial charge in [0.05, 0.1) is 38.5 Å². The highest BCUT2D eigenvalue weighted by Gasteiger charge is 2.38. The molecule has 1 N–H and O–H groups in total. The molecule has 2 aromatic rings. The summed E-state index contributed by atoms with van der Waals surface area (Å²) in [5.74, 6) is 1.32. The Labute approximate surface area is 158 Å². The maximum atomic E-state index is 12.7. The molecule has 1 unspecified atom stereocenters. The standard InChI is InChI=1S/C20H25N3O4/c1-7-13-17-16(12-9-8-10-14(25-4)18(12)26-5)15(20(24)27-6)11(2)21-19(17)23(3)22-13/h8-10,16,21H,7H2,1-6H3. The zero-order valence-electron chi connectivity index (χ0n) is 16.5. The molecule has 2 heterocycles. The lowest BCUT2D eigenvalue weighted by Crippen LogP contribution is -2.25. The van der Waals surface area contributed by atoms with E-state index in [1.54, 1.807) is 14.2 Å². The fraction of sp³-hybridized carbons (Fsp3) is 0.400. The molecule has 0 amide bonds. The van der Waals surface area contributed by atoms with Gasteiger partial charge in [-0.1, -0.05) is 19.1 Å². The summed E-state index contributed by atoms with van der Waals surface area (Å²) >= 11 is 0. The third-order valence-corrected chi connectivity index (χ3v) is 4.93. The number of carbonyl (C=O) groups is 1. The summed E-state index contributed by atoms with van der Waals surface area (Å²) in [4.78, 5) is 12.7. The number of hydrogen-bond acceptors (Lipinski definition) is 6. The van der Waals surface area contributed by atoms with Gasteiger partial charge in [-0.25, -0.2) is 4.79 Å². The highest BCUT2D eigenvalue weighted by Crippen LogP contribution is 2.48. The summed E-state index contributed by atoms with van der Waals surface area (Å²) in [6, 6.07) is 5.68. The van der Waals surface area contributed by atoms with Crippen LogP contribution in [0, 0.1) is 0 Å². The lowest BCUT2D eigenvalue weighted by Gasteiger charge is -2.29. The first-order chi connectivity index (χ1) is 13.0. The molecule has 0 bridgehead atoms. The van der Waals surface area contributed by atoms with Crippen LogP contribution in [-0.2, 0) is 23.0 Å². The molecular weight excluding hydrogens is 346 g/mol. The maximum Gasteiger partial charge on any atom is 0.336 e. The summed E-state index contributed by atoms with van der Waals surface area (Å²) in [7, 11) is 6.48. The number of benzene rings is 1. The number of allylic oxidation sites excluding steroid dienone is 1. The van der Waals surface area contributed by atoms with Crippen LogP contribution in [0.1, 0.15) is 36.6 Å². The van der Waals surface area contributed by atoms with Crippen LogP contribution in [0.2, 0.25) is 0 Å². The Morgan fingerprint density at radius 1 is 1.26 bits per heavy atom. The summed E-state index contributed by atoms with van der Waals surface area (Å²) in [5.41, 5.74) is 3.98. The van der Waals surface area contributed by atoms with E-state index in [4.69, 9.17) is 14.2 Å². The summed E-state index contributed by atoms with van der Waals surface area (Å²) in [6.07, 6.45) is 0.737. The van der Waals surface area contributed by atoms with Crippen molar-refractivity contribution in [3.8, 4) is 11.5 Å². The molecule has 0 spiro atoms. The molecule has 1 atom stereocenters. The minimum absolute atomic E-state index is 0.373. The van der Waals surface area contributed by atoms with Gasteiger partial charge >= 0.3 is 5.97 Å². The number of aryl methyl sites for hydroxylation is 2. The summed E-state index contributed by atoms with van der Waals surface area (Å²) in [6.45, 7) is 3.92. The van der Waals surface area contributed by atoms with Crippen LogP contribution in [0.15, 0.2) is 29.5 Å². The quantitative estimate of drug-likeness (QED) is 0.815. The van der Waals surface area contributed by atoms with E-state index >= 15 is 0 Å². The van der Waals surface area contributed by atoms with Gasteiger partial charge in [0.15, 0.2) is 11.5 Å². The van der Waals surface area contributed by atoms with Crippen LogP contribution in [0.4, 0.5) is 5.82 Å². The Morgan fingerprint density at radius 2 is 2.00 bits per heavy atom. The second kappa shape index (κ2) is 7.34. The van der Waals surface area contributed by atoms with Crippen molar-refractivity contribution in [3.63, 3.8) is 0 Å². The topological polar surface area (TPSA) is 74.6 Å². The monoisotopic (exact) mass is 371 g/mol. The normalized spacial score (nSPS) is 15.9. The molecule has 144 valence electrons. The molecule has 1 aromatic heterocycles. The average molecular weight is 371 g/mol. The number of fused-ring (bicyclic) bond motifs is 1. The van der Waals surface area contributed by atoms with E-state index in [0.29, 0.717) is 17.1 Å². The van der Waals surface area contributed by atoms with Gasteiger partial charge < -0.3 is 19.5 Å². The maximum absolute atomic E-state index is 12.7. The van der Waals surface area contributed by atoms with Gasteiger partial charge in [0.2, 0.25) is 0 Å².